The van der Waals surface area contributed by atoms with E-state index in [0.717, 1.165) is 4.68 Å². The Balaban J connectivity index is 1.52. The number of aromatic nitrogens is 2. The van der Waals surface area contributed by atoms with Crippen LogP contribution in [0.5, 0.6) is 5.75 Å². The number of nitrogens with zero attached hydrogens (tertiary/aromatic N) is 5. The molecule has 8 nitrogen and oxygen atoms in total. The van der Waals surface area contributed by atoms with Gasteiger partial charge in [0.2, 0.25) is 0 Å². The van der Waals surface area contributed by atoms with E-state index in [9.17, 15) is 14.7 Å². The minimum atomic E-state index is -0.677. The van der Waals surface area contributed by atoms with Crippen LogP contribution < -0.4 is 5.69 Å². The molecule has 0 aliphatic heterocycles. The summed E-state index contributed by atoms with van der Waals surface area (Å²) in [6.45, 7) is 0. The van der Waals surface area contributed by atoms with Crippen molar-refractivity contribution in [2.75, 3.05) is 0 Å². The highest BCUT2D eigenvalue weighted by atomic mass is 16.3. The lowest BCUT2D eigenvalue weighted by atomic mass is 9.99. The highest BCUT2D eigenvalue weighted by Gasteiger charge is 2.18. The lowest BCUT2D eigenvalue weighted by Gasteiger charge is -2.10. The van der Waals surface area contributed by atoms with Gasteiger partial charge >= 0.3 is 5.69 Å². The Labute approximate surface area is 217 Å². The molecule has 0 atom stereocenters. The third-order valence-electron chi connectivity index (χ3n) is 5.61. The van der Waals surface area contributed by atoms with Crippen LogP contribution in [0.15, 0.2) is 136 Å². The standard InChI is InChI=1S/C30H21N5O3/c36-27-17-16-25(34-33-24-14-8-3-9-15-24)18-23(27)19-31-35-20-26(29(37)22-12-6-2-7-13-22)28(32-30(35)38)21-10-4-1-5-11-21/h1-20,36H/b31-19+,34-33?. The third-order valence-corrected chi connectivity index (χ3v) is 5.61. The number of carbonyl (C=O) groups is 1. The molecule has 8 heteroatoms. The minimum absolute atomic E-state index is 0.0603. The monoisotopic (exact) mass is 499 g/mol. The molecule has 0 saturated heterocycles. The zero-order chi connectivity index (χ0) is 26.3. The second-order valence-electron chi connectivity index (χ2n) is 8.21. The molecular formula is C30H21N5O3. The second-order valence-corrected chi connectivity index (χ2v) is 8.21. The molecule has 1 N–H and O–H groups in total. The highest BCUT2D eigenvalue weighted by molar-refractivity contribution is 6.12. The molecule has 0 spiro atoms. The molecular weight excluding hydrogens is 478 g/mol. The van der Waals surface area contributed by atoms with Gasteiger partial charge in [-0.25, -0.2) is 4.79 Å². The number of ketones is 1. The molecule has 0 unspecified atom stereocenters. The Kier molecular flexibility index (Phi) is 7.04. The molecule has 38 heavy (non-hydrogen) atoms. The summed E-state index contributed by atoms with van der Waals surface area (Å²) in [5.41, 5.74) is 2.37. The fraction of sp³-hybridized carbons (Fsp3) is 0. The van der Waals surface area contributed by atoms with Gasteiger partial charge < -0.3 is 5.11 Å². The van der Waals surface area contributed by atoms with E-state index < -0.39 is 5.69 Å². The zero-order valence-corrected chi connectivity index (χ0v) is 20.0. The van der Waals surface area contributed by atoms with Crippen molar-refractivity contribution in [1.82, 2.24) is 9.66 Å². The number of phenolic OH excluding ortho intramolecular Hbond substituents is 1. The van der Waals surface area contributed by atoms with Gasteiger partial charge in [0.25, 0.3) is 0 Å². The molecule has 5 rings (SSSR count). The summed E-state index contributed by atoms with van der Waals surface area (Å²) < 4.78 is 0.972. The maximum absolute atomic E-state index is 13.4. The first-order valence-corrected chi connectivity index (χ1v) is 11.7. The number of azo groups is 1. The van der Waals surface area contributed by atoms with E-state index >= 15 is 0 Å². The molecule has 4 aromatic carbocycles. The Hall–Kier alpha value is -5.50. The van der Waals surface area contributed by atoms with Gasteiger partial charge in [0.15, 0.2) is 5.78 Å². The molecule has 0 fully saturated rings. The number of phenols is 1. The summed E-state index contributed by atoms with van der Waals surface area (Å²) in [7, 11) is 0. The summed E-state index contributed by atoms with van der Waals surface area (Å²) >= 11 is 0. The van der Waals surface area contributed by atoms with E-state index in [1.165, 1.54) is 18.5 Å². The van der Waals surface area contributed by atoms with Crippen molar-refractivity contribution in [3.05, 3.63) is 143 Å². The van der Waals surface area contributed by atoms with Gasteiger partial charge in [-0.2, -0.15) is 25.0 Å². The fourth-order valence-corrected chi connectivity index (χ4v) is 3.70. The number of benzene rings is 4. The topological polar surface area (TPSA) is 109 Å². The van der Waals surface area contributed by atoms with Crippen molar-refractivity contribution < 1.29 is 9.90 Å². The van der Waals surface area contributed by atoms with E-state index in [2.05, 4.69) is 20.3 Å². The van der Waals surface area contributed by atoms with E-state index in [1.807, 2.05) is 54.6 Å². The molecule has 1 heterocycles. The van der Waals surface area contributed by atoms with Crippen molar-refractivity contribution in [3.63, 3.8) is 0 Å². The van der Waals surface area contributed by atoms with Gasteiger partial charge in [-0.1, -0.05) is 78.9 Å². The van der Waals surface area contributed by atoms with Crippen molar-refractivity contribution in [2.45, 2.75) is 0 Å². The van der Waals surface area contributed by atoms with Crippen LogP contribution >= 0.6 is 0 Å². The number of rotatable bonds is 7. The van der Waals surface area contributed by atoms with Crippen LogP contribution in [0.2, 0.25) is 0 Å². The predicted octanol–water partition coefficient (Wildman–Crippen LogP) is 6.14. The fourth-order valence-electron chi connectivity index (χ4n) is 3.70. The predicted molar refractivity (Wildman–Crippen MR) is 146 cm³/mol. The van der Waals surface area contributed by atoms with E-state index in [-0.39, 0.29) is 22.8 Å². The number of carbonyl (C=O) groups excluding carboxylic acids is 1. The van der Waals surface area contributed by atoms with Gasteiger partial charge in [-0.05, 0) is 30.3 Å². The summed E-state index contributed by atoms with van der Waals surface area (Å²) in [6, 6.07) is 31.7. The summed E-state index contributed by atoms with van der Waals surface area (Å²) in [5.74, 6) is -0.359. The molecule has 0 amide bonds. The van der Waals surface area contributed by atoms with Crippen LogP contribution in [0.1, 0.15) is 21.5 Å². The van der Waals surface area contributed by atoms with Crippen LogP contribution in [-0.2, 0) is 0 Å². The average Bonchev–Trinajstić information content (AvgIpc) is 2.97. The highest BCUT2D eigenvalue weighted by Crippen LogP contribution is 2.25. The van der Waals surface area contributed by atoms with Gasteiger partial charge in [-0.3, -0.25) is 4.79 Å². The van der Waals surface area contributed by atoms with Crippen LogP contribution in [-0.4, -0.2) is 26.8 Å². The first-order valence-electron chi connectivity index (χ1n) is 11.7. The molecule has 184 valence electrons. The second kappa shape index (κ2) is 11.0. The van der Waals surface area contributed by atoms with E-state index in [4.69, 9.17) is 0 Å². The molecule has 0 saturated carbocycles. The number of hydrogen-bond acceptors (Lipinski definition) is 7. The first kappa shape index (κ1) is 24.2. The summed E-state index contributed by atoms with van der Waals surface area (Å²) in [5, 5.41) is 22.9. The Bertz CT molecular complexity index is 1700. The molecule has 0 aliphatic rings. The lowest BCUT2D eigenvalue weighted by Crippen LogP contribution is -2.23. The normalized spacial score (nSPS) is 11.3. The largest absolute Gasteiger partial charge is 0.507 e. The van der Waals surface area contributed by atoms with Crippen molar-refractivity contribution in [1.29, 1.82) is 0 Å². The average molecular weight is 500 g/mol. The SMILES string of the molecule is O=C(c1ccccc1)c1cn(/N=C/c2cc(N=Nc3ccccc3)ccc2O)c(=O)nc1-c1ccccc1. The van der Waals surface area contributed by atoms with E-state index in [0.29, 0.717) is 28.1 Å². The van der Waals surface area contributed by atoms with Crippen molar-refractivity contribution in [3.8, 4) is 17.0 Å². The van der Waals surface area contributed by atoms with Crippen LogP contribution in [0.4, 0.5) is 11.4 Å². The van der Waals surface area contributed by atoms with Gasteiger partial charge in [-0.15, -0.1) is 0 Å². The number of hydrogen-bond donors (Lipinski definition) is 1. The zero-order valence-electron chi connectivity index (χ0n) is 20.0. The molecule has 0 aliphatic carbocycles. The summed E-state index contributed by atoms with van der Waals surface area (Å²) in [4.78, 5) is 30.5. The van der Waals surface area contributed by atoms with Crippen LogP contribution in [0, 0.1) is 0 Å². The smallest absolute Gasteiger partial charge is 0.368 e. The quantitative estimate of drug-likeness (QED) is 0.165. The molecule has 1 aromatic heterocycles. The molecule has 0 radical (unpaired) electrons. The lowest BCUT2D eigenvalue weighted by molar-refractivity contribution is 0.103. The van der Waals surface area contributed by atoms with Gasteiger partial charge in [0, 0.05) is 22.9 Å². The Morgan fingerprint density at radius 2 is 1.42 bits per heavy atom. The minimum Gasteiger partial charge on any atom is -0.507 e. The Morgan fingerprint density at radius 3 is 2.13 bits per heavy atom. The molecule has 5 aromatic rings. The van der Waals surface area contributed by atoms with E-state index in [1.54, 1.807) is 48.5 Å². The first-order chi connectivity index (χ1) is 18.6. The van der Waals surface area contributed by atoms with Gasteiger partial charge in [0.1, 0.15) is 5.75 Å². The van der Waals surface area contributed by atoms with Gasteiger partial charge in [0.05, 0.1) is 28.8 Å². The molecule has 0 bridgehead atoms. The van der Waals surface area contributed by atoms with Crippen molar-refractivity contribution >= 4 is 23.4 Å². The van der Waals surface area contributed by atoms with Crippen molar-refractivity contribution in [2.24, 2.45) is 15.3 Å². The Morgan fingerprint density at radius 1 is 0.789 bits per heavy atom. The maximum Gasteiger partial charge on any atom is 0.368 e. The van der Waals surface area contributed by atoms with Crippen LogP contribution in [0.3, 0.4) is 0 Å². The number of aromatic hydroxyl groups is 1. The maximum atomic E-state index is 13.4. The third kappa shape index (κ3) is 5.50. The summed E-state index contributed by atoms with van der Waals surface area (Å²) in [6.07, 6.45) is 2.67. The van der Waals surface area contributed by atoms with Crippen LogP contribution in [0.25, 0.3) is 11.3 Å².